The average Bonchev–Trinajstić information content (AvgIpc) is 2.67. The molecule has 0 radical (unpaired) electrons. The Morgan fingerprint density at radius 2 is 2.06 bits per heavy atom. The summed E-state index contributed by atoms with van der Waals surface area (Å²) in [6.45, 7) is 6.29. The van der Waals surface area contributed by atoms with Crippen LogP contribution in [0.5, 0.6) is 0 Å². The van der Waals surface area contributed by atoms with Gasteiger partial charge in [0.15, 0.2) is 0 Å². The smallest absolute Gasteiger partial charge is 0.0967 e. The summed E-state index contributed by atoms with van der Waals surface area (Å²) in [4.78, 5) is 4.58. The number of fused-ring (bicyclic) bond motifs is 1. The van der Waals surface area contributed by atoms with Crippen molar-refractivity contribution in [3.63, 3.8) is 0 Å². The van der Waals surface area contributed by atoms with Crippen LogP contribution in [0.4, 0.5) is 0 Å². The van der Waals surface area contributed by atoms with E-state index in [1.165, 1.54) is 4.70 Å². The highest BCUT2D eigenvalue weighted by Gasteiger charge is 2.23. The maximum Gasteiger partial charge on any atom is 0.0967 e. The highest BCUT2D eigenvalue weighted by atomic mass is 32.1. The molecule has 2 nitrogen and oxygen atoms in total. The Balaban J connectivity index is 2.07. The Kier molecular flexibility index (Phi) is 4.03. The molecular weight excluding hydrogens is 242 g/mol. The molecule has 0 aliphatic heterocycles. The van der Waals surface area contributed by atoms with Crippen LogP contribution in [0.3, 0.4) is 0 Å². The summed E-state index contributed by atoms with van der Waals surface area (Å²) in [5.41, 5.74) is 0.398. The second-order valence-electron chi connectivity index (χ2n) is 5.68. The number of hydrogen-bond acceptors (Lipinski definition) is 3. The van der Waals surface area contributed by atoms with Crippen molar-refractivity contribution >= 4 is 21.6 Å². The molecule has 3 heteroatoms. The molecule has 1 N–H and O–H groups in total. The molecule has 2 rings (SSSR count). The van der Waals surface area contributed by atoms with Gasteiger partial charge in [0.1, 0.15) is 0 Å². The number of aliphatic hydroxyl groups is 1. The van der Waals surface area contributed by atoms with E-state index in [1.54, 1.807) is 11.3 Å². The van der Waals surface area contributed by atoms with E-state index in [0.29, 0.717) is 12.3 Å². The van der Waals surface area contributed by atoms with Crippen LogP contribution >= 0.6 is 11.3 Å². The van der Waals surface area contributed by atoms with E-state index in [0.717, 1.165) is 23.4 Å². The summed E-state index contributed by atoms with van der Waals surface area (Å²) < 4.78 is 1.20. The maximum atomic E-state index is 10.4. The molecule has 0 fully saturated rings. The molecule has 1 unspecified atom stereocenters. The number of rotatable bonds is 5. The van der Waals surface area contributed by atoms with Crippen molar-refractivity contribution in [3.8, 4) is 0 Å². The van der Waals surface area contributed by atoms with Crippen LogP contribution < -0.4 is 0 Å². The van der Waals surface area contributed by atoms with Gasteiger partial charge in [0, 0.05) is 6.42 Å². The highest BCUT2D eigenvalue weighted by molar-refractivity contribution is 7.18. The van der Waals surface area contributed by atoms with Crippen molar-refractivity contribution in [3.05, 3.63) is 29.3 Å². The van der Waals surface area contributed by atoms with Gasteiger partial charge in [0.2, 0.25) is 0 Å². The van der Waals surface area contributed by atoms with Crippen molar-refractivity contribution < 1.29 is 5.11 Å². The van der Waals surface area contributed by atoms with Crippen molar-refractivity contribution in [1.82, 2.24) is 4.98 Å². The van der Waals surface area contributed by atoms with Crippen molar-refractivity contribution in [2.75, 3.05) is 0 Å². The van der Waals surface area contributed by atoms with E-state index in [4.69, 9.17) is 0 Å². The van der Waals surface area contributed by atoms with Crippen LogP contribution in [0.1, 0.15) is 38.6 Å². The Hall–Kier alpha value is -0.930. The molecule has 18 heavy (non-hydrogen) atoms. The van der Waals surface area contributed by atoms with Gasteiger partial charge in [-0.2, -0.15) is 0 Å². The fourth-order valence-corrected chi connectivity index (χ4v) is 3.16. The second-order valence-corrected chi connectivity index (χ2v) is 6.80. The van der Waals surface area contributed by atoms with Crippen LogP contribution in [0.15, 0.2) is 24.3 Å². The Morgan fingerprint density at radius 1 is 1.33 bits per heavy atom. The van der Waals surface area contributed by atoms with Gasteiger partial charge in [0.05, 0.1) is 20.8 Å². The first-order valence-corrected chi connectivity index (χ1v) is 7.35. The quantitative estimate of drug-likeness (QED) is 0.883. The number of para-hydroxylation sites is 1. The minimum absolute atomic E-state index is 0.631. The summed E-state index contributed by atoms with van der Waals surface area (Å²) in [6, 6.07) is 8.14. The van der Waals surface area contributed by atoms with Gasteiger partial charge in [-0.1, -0.05) is 26.0 Å². The van der Waals surface area contributed by atoms with Gasteiger partial charge in [-0.3, -0.25) is 0 Å². The number of aromatic nitrogens is 1. The first-order chi connectivity index (χ1) is 8.46. The molecule has 1 aromatic carbocycles. The zero-order chi connectivity index (χ0) is 13.2. The topological polar surface area (TPSA) is 33.1 Å². The standard InChI is InChI=1S/C15H21NOS/c1-11(2)8-9-15(3,17)10-14-16-12-6-4-5-7-13(12)18-14/h4-7,11,17H,8-10H2,1-3H3. The van der Waals surface area contributed by atoms with E-state index in [1.807, 2.05) is 25.1 Å². The maximum absolute atomic E-state index is 10.4. The SMILES string of the molecule is CC(C)CCC(C)(O)Cc1nc2ccccc2s1. The van der Waals surface area contributed by atoms with E-state index in [-0.39, 0.29) is 0 Å². The summed E-state index contributed by atoms with van der Waals surface area (Å²) in [7, 11) is 0. The lowest BCUT2D eigenvalue weighted by atomic mass is 9.93. The normalized spacial score (nSPS) is 15.2. The third-order valence-electron chi connectivity index (χ3n) is 3.13. The number of hydrogen-bond donors (Lipinski definition) is 1. The van der Waals surface area contributed by atoms with E-state index >= 15 is 0 Å². The Labute approximate surface area is 113 Å². The minimum atomic E-state index is -0.641. The van der Waals surface area contributed by atoms with Crippen molar-refractivity contribution in [2.24, 2.45) is 5.92 Å². The molecule has 1 aromatic heterocycles. The van der Waals surface area contributed by atoms with Crippen molar-refractivity contribution in [1.29, 1.82) is 0 Å². The van der Waals surface area contributed by atoms with Gasteiger partial charge in [-0.15, -0.1) is 11.3 Å². The molecule has 0 aliphatic rings. The molecule has 0 amide bonds. The predicted molar refractivity (Wildman–Crippen MR) is 78.0 cm³/mol. The van der Waals surface area contributed by atoms with Crippen LogP contribution in [-0.2, 0) is 6.42 Å². The first kappa shape index (κ1) is 13.5. The fourth-order valence-electron chi connectivity index (χ4n) is 2.01. The largest absolute Gasteiger partial charge is 0.390 e. The molecule has 0 saturated heterocycles. The molecule has 0 saturated carbocycles. The third-order valence-corrected chi connectivity index (χ3v) is 4.17. The first-order valence-electron chi connectivity index (χ1n) is 6.53. The summed E-state index contributed by atoms with van der Waals surface area (Å²) in [6.07, 6.45) is 2.54. The van der Waals surface area contributed by atoms with Gasteiger partial charge < -0.3 is 5.11 Å². The average molecular weight is 263 g/mol. The van der Waals surface area contributed by atoms with E-state index < -0.39 is 5.60 Å². The Bertz CT molecular complexity index is 483. The molecule has 0 aliphatic carbocycles. The van der Waals surface area contributed by atoms with Gasteiger partial charge >= 0.3 is 0 Å². The Morgan fingerprint density at radius 3 is 2.72 bits per heavy atom. The lowest BCUT2D eigenvalue weighted by Gasteiger charge is -2.22. The monoisotopic (exact) mass is 263 g/mol. The van der Waals surface area contributed by atoms with Crippen LogP contribution in [0.25, 0.3) is 10.2 Å². The molecule has 0 bridgehead atoms. The highest BCUT2D eigenvalue weighted by Crippen LogP contribution is 2.27. The molecule has 98 valence electrons. The summed E-state index contributed by atoms with van der Waals surface area (Å²) >= 11 is 1.69. The van der Waals surface area contributed by atoms with Crippen LogP contribution in [-0.4, -0.2) is 15.7 Å². The van der Waals surface area contributed by atoms with Crippen LogP contribution in [0, 0.1) is 5.92 Å². The zero-order valence-corrected chi connectivity index (χ0v) is 12.1. The molecule has 1 heterocycles. The van der Waals surface area contributed by atoms with Gasteiger partial charge in [0.25, 0.3) is 0 Å². The number of benzene rings is 1. The van der Waals surface area contributed by atoms with E-state index in [2.05, 4.69) is 24.9 Å². The molecule has 0 spiro atoms. The van der Waals surface area contributed by atoms with Crippen LogP contribution in [0.2, 0.25) is 0 Å². The molecular formula is C15H21NOS. The van der Waals surface area contributed by atoms with Crippen molar-refractivity contribution in [2.45, 2.75) is 45.6 Å². The second kappa shape index (κ2) is 5.37. The molecule has 2 aromatic rings. The number of nitrogens with zero attached hydrogens (tertiary/aromatic N) is 1. The summed E-state index contributed by atoms with van der Waals surface area (Å²) in [5, 5.41) is 11.4. The zero-order valence-electron chi connectivity index (χ0n) is 11.3. The summed E-state index contributed by atoms with van der Waals surface area (Å²) in [5.74, 6) is 0.631. The predicted octanol–water partition coefficient (Wildman–Crippen LogP) is 4.03. The third kappa shape index (κ3) is 3.53. The van der Waals surface area contributed by atoms with Gasteiger partial charge in [-0.25, -0.2) is 4.98 Å². The van der Waals surface area contributed by atoms with E-state index in [9.17, 15) is 5.11 Å². The lowest BCUT2D eigenvalue weighted by Crippen LogP contribution is -2.27. The van der Waals surface area contributed by atoms with Gasteiger partial charge in [-0.05, 0) is 37.8 Å². The lowest BCUT2D eigenvalue weighted by molar-refractivity contribution is 0.0457. The number of thiazole rings is 1. The molecule has 1 atom stereocenters. The fraction of sp³-hybridized carbons (Fsp3) is 0.533. The minimum Gasteiger partial charge on any atom is -0.390 e.